The highest BCUT2D eigenvalue weighted by Gasteiger charge is 2.24. The number of aryl methyl sites for hydroxylation is 1. The van der Waals surface area contributed by atoms with E-state index in [1.165, 1.54) is 18.2 Å². The quantitative estimate of drug-likeness (QED) is 0.510. The predicted molar refractivity (Wildman–Crippen MR) is 104 cm³/mol. The van der Waals surface area contributed by atoms with Crippen LogP contribution in [0.3, 0.4) is 0 Å². The van der Waals surface area contributed by atoms with E-state index in [9.17, 15) is 13.2 Å². The average Bonchev–Trinajstić information content (AvgIpc) is 2.72. The zero-order chi connectivity index (χ0) is 20.1. The first-order chi connectivity index (χ1) is 13.5. The summed E-state index contributed by atoms with van der Waals surface area (Å²) in [5.74, 6) is -2.44. The molecule has 0 amide bonds. The van der Waals surface area contributed by atoms with E-state index in [1.807, 2.05) is 0 Å². The minimum Gasteiger partial charge on any atom is -0.379 e. The lowest BCUT2D eigenvalue weighted by atomic mass is 9.95. The summed E-state index contributed by atoms with van der Waals surface area (Å²) in [7, 11) is 1.64. The van der Waals surface area contributed by atoms with E-state index >= 15 is 0 Å². The highest BCUT2D eigenvalue weighted by atomic mass is 19.2. The van der Waals surface area contributed by atoms with Crippen LogP contribution in [0, 0.1) is 17.5 Å². The van der Waals surface area contributed by atoms with E-state index in [0.29, 0.717) is 24.2 Å². The highest BCUT2D eigenvalue weighted by molar-refractivity contribution is 5.66. The van der Waals surface area contributed by atoms with Crippen molar-refractivity contribution in [3.8, 4) is 11.1 Å². The second-order valence-electron chi connectivity index (χ2n) is 7.35. The number of benzene rings is 2. The summed E-state index contributed by atoms with van der Waals surface area (Å²) in [4.78, 5) is 0. The zero-order valence-electron chi connectivity index (χ0n) is 16.4. The molecular formula is C23H27F3O2. The number of halogens is 3. The second kappa shape index (κ2) is 9.57. The van der Waals surface area contributed by atoms with Gasteiger partial charge in [-0.15, -0.1) is 0 Å². The fourth-order valence-electron chi connectivity index (χ4n) is 3.68. The molecule has 2 atom stereocenters. The molecule has 1 saturated heterocycles. The molecule has 2 aromatic rings. The van der Waals surface area contributed by atoms with Crippen LogP contribution in [0.15, 0.2) is 30.3 Å². The Morgan fingerprint density at radius 1 is 1.00 bits per heavy atom. The van der Waals surface area contributed by atoms with Gasteiger partial charge in [-0.25, -0.2) is 13.2 Å². The van der Waals surface area contributed by atoms with Crippen molar-refractivity contribution in [1.82, 2.24) is 0 Å². The maximum absolute atomic E-state index is 14.7. The first kappa shape index (κ1) is 20.9. The van der Waals surface area contributed by atoms with E-state index in [4.69, 9.17) is 9.47 Å². The minimum absolute atomic E-state index is 0.0511. The number of hydrogen-bond donors (Lipinski definition) is 0. The summed E-state index contributed by atoms with van der Waals surface area (Å²) in [6.45, 7) is 2.52. The highest BCUT2D eigenvalue weighted by Crippen LogP contribution is 2.34. The van der Waals surface area contributed by atoms with Crippen LogP contribution in [-0.2, 0) is 15.9 Å². The lowest BCUT2D eigenvalue weighted by Crippen LogP contribution is -2.26. The van der Waals surface area contributed by atoms with Crippen molar-refractivity contribution in [2.75, 3.05) is 13.7 Å². The number of ether oxygens (including phenoxy) is 2. The monoisotopic (exact) mass is 392 g/mol. The lowest BCUT2D eigenvalue weighted by molar-refractivity contribution is -0.0726. The van der Waals surface area contributed by atoms with E-state index in [0.717, 1.165) is 32.1 Å². The summed E-state index contributed by atoms with van der Waals surface area (Å²) in [6, 6.07) is 7.62. The zero-order valence-corrected chi connectivity index (χ0v) is 16.4. The van der Waals surface area contributed by atoms with E-state index in [-0.39, 0.29) is 23.3 Å². The van der Waals surface area contributed by atoms with Gasteiger partial charge in [-0.1, -0.05) is 44.0 Å². The molecular weight excluding hydrogens is 365 g/mol. The molecule has 2 aromatic carbocycles. The van der Waals surface area contributed by atoms with Gasteiger partial charge in [0.1, 0.15) is 5.82 Å². The maximum atomic E-state index is 14.7. The molecule has 28 heavy (non-hydrogen) atoms. The van der Waals surface area contributed by atoms with Gasteiger partial charge >= 0.3 is 0 Å². The number of hydrogen-bond acceptors (Lipinski definition) is 2. The molecule has 3 rings (SSSR count). The molecule has 0 N–H and O–H groups in total. The number of methoxy groups -OCH3 is 1. The Morgan fingerprint density at radius 3 is 2.43 bits per heavy atom. The molecule has 0 spiro atoms. The van der Waals surface area contributed by atoms with Crippen molar-refractivity contribution < 1.29 is 22.6 Å². The van der Waals surface area contributed by atoms with Gasteiger partial charge in [-0.3, -0.25) is 0 Å². The molecule has 2 nitrogen and oxygen atoms in total. The van der Waals surface area contributed by atoms with Crippen molar-refractivity contribution in [2.45, 2.75) is 57.7 Å². The molecule has 0 aliphatic carbocycles. The smallest absolute Gasteiger partial charge is 0.167 e. The van der Waals surface area contributed by atoms with E-state index in [2.05, 4.69) is 6.92 Å². The molecule has 0 radical (unpaired) electrons. The Kier molecular flexibility index (Phi) is 7.13. The number of rotatable bonds is 7. The third kappa shape index (κ3) is 4.58. The summed E-state index contributed by atoms with van der Waals surface area (Å²) in [5.41, 5.74) is 1.05. The van der Waals surface area contributed by atoms with E-state index < -0.39 is 17.5 Å². The minimum atomic E-state index is -0.988. The first-order valence-electron chi connectivity index (χ1n) is 9.96. The van der Waals surface area contributed by atoms with Gasteiger partial charge in [0.2, 0.25) is 0 Å². The Labute approximate surface area is 164 Å². The standard InChI is InChI=1S/C23H27F3O2/c1-3-4-5-6-15-7-11-19(23(26)22(15)25)18-10-8-16(13-20(18)24)21-12-9-17(27-2)14-28-21/h7-8,10-11,13,17,21H,3-6,9,12,14H2,1-2H3. The first-order valence-corrected chi connectivity index (χ1v) is 9.96. The maximum Gasteiger partial charge on any atom is 0.167 e. The Bertz CT molecular complexity index is 799. The molecule has 5 heteroatoms. The van der Waals surface area contributed by atoms with Crippen LogP contribution in [0.25, 0.3) is 11.1 Å². The average molecular weight is 392 g/mol. The van der Waals surface area contributed by atoms with Gasteiger partial charge < -0.3 is 9.47 Å². The van der Waals surface area contributed by atoms with Crippen LogP contribution < -0.4 is 0 Å². The molecule has 1 heterocycles. The van der Waals surface area contributed by atoms with Crippen molar-refractivity contribution in [3.05, 3.63) is 58.9 Å². The molecule has 0 aromatic heterocycles. The fraction of sp³-hybridized carbons (Fsp3) is 0.478. The van der Waals surface area contributed by atoms with Crippen LogP contribution in [0.5, 0.6) is 0 Å². The fourth-order valence-corrected chi connectivity index (χ4v) is 3.68. The second-order valence-corrected chi connectivity index (χ2v) is 7.35. The van der Waals surface area contributed by atoms with Crippen LogP contribution in [0.2, 0.25) is 0 Å². The van der Waals surface area contributed by atoms with Crippen LogP contribution in [0.1, 0.15) is 56.3 Å². The van der Waals surface area contributed by atoms with Gasteiger partial charge in [0, 0.05) is 18.2 Å². The third-order valence-corrected chi connectivity index (χ3v) is 5.43. The Balaban J connectivity index is 1.79. The Hall–Kier alpha value is -1.85. The Morgan fingerprint density at radius 2 is 1.79 bits per heavy atom. The molecule has 0 saturated carbocycles. The normalized spacial score (nSPS) is 19.8. The molecule has 0 bridgehead atoms. The molecule has 1 aliphatic heterocycles. The predicted octanol–water partition coefficient (Wildman–Crippen LogP) is 6.37. The molecule has 2 unspecified atom stereocenters. The van der Waals surface area contributed by atoms with Gasteiger partial charge in [-0.05, 0) is 42.9 Å². The van der Waals surface area contributed by atoms with Crippen molar-refractivity contribution in [2.24, 2.45) is 0 Å². The van der Waals surface area contributed by atoms with Gasteiger partial charge in [0.25, 0.3) is 0 Å². The summed E-state index contributed by atoms with van der Waals surface area (Å²) < 4.78 is 54.7. The molecule has 1 fully saturated rings. The molecule has 152 valence electrons. The van der Waals surface area contributed by atoms with Gasteiger partial charge in [0.05, 0.1) is 18.8 Å². The van der Waals surface area contributed by atoms with Crippen LogP contribution >= 0.6 is 0 Å². The summed E-state index contributed by atoms with van der Waals surface area (Å²) in [6.07, 6.45) is 4.69. The third-order valence-electron chi connectivity index (χ3n) is 5.43. The topological polar surface area (TPSA) is 18.5 Å². The van der Waals surface area contributed by atoms with Crippen molar-refractivity contribution in [3.63, 3.8) is 0 Å². The van der Waals surface area contributed by atoms with Crippen LogP contribution in [-0.4, -0.2) is 19.8 Å². The van der Waals surface area contributed by atoms with Crippen molar-refractivity contribution in [1.29, 1.82) is 0 Å². The SMILES string of the molecule is CCCCCc1ccc(-c2ccc(C3CCC(OC)CO3)cc2F)c(F)c1F. The lowest BCUT2D eigenvalue weighted by Gasteiger charge is -2.28. The largest absolute Gasteiger partial charge is 0.379 e. The van der Waals surface area contributed by atoms with Crippen molar-refractivity contribution >= 4 is 0 Å². The van der Waals surface area contributed by atoms with E-state index in [1.54, 1.807) is 19.2 Å². The molecule has 1 aliphatic rings. The number of unbranched alkanes of at least 4 members (excludes halogenated alkanes) is 2. The summed E-state index contributed by atoms with van der Waals surface area (Å²) >= 11 is 0. The summed E-state index contributed by atoms with van der Waals surface area (Å²) in [5, 5.41) is 0. The van der Waals surface area contributed by atoms with Crippen LogP contribution in [0.4, 0.5) is 13.2 Å². The van der Waals surface area contributed by atoms with Gasteiger partial charge in [-0.2, -0.15) is 0 Å². The van der Waals surface area contributed by atoms with Gasteiger partial charge in [0.15, 0.2) is 11.6 Å².